The van der Waals surface area contributed by atoms with Crippen LogP contribution < -0.4 is 10.6 Å². The second-order valence-electron chi connectivity index (χ2n) is 16.9. The van der Waals surface area contributed by atoms with Gasteiger partial charge in [-0.15, -0.1) is 0 Å². The lowest BCUT2D eigenvalue weighted by Crippen LogP contribution is -2.43. The van der Waals surface area contributed by atoms with Crippen LogP contribution in [0.25, 0.3) is 0 Å². The molecule has 3 aliphatic heterocycles. The smallest absolute Gasteiger partial charge is 0.250 e. The number of carbonyl (C=O) groups excluding carboxylic acids is 4. The molecule has 5 fully saturated rings. The van der Waals surface area contributed by atoms with Gasteiger partial charge in [0.05, 0.1) is 43.4 Å². The minimum atomic E-state index is -0.762. The third-order valence-electron chi connectivity index (χ3n) is 12.2. The molecule has 2 aliphatic carbocycles. The zero-order chi connectivity index (χ0) is 43.1. The van der Waals surface area contributed by atoms with Crippen molar-refractivity contribution in [3.63, 3.8) is 0 Å². The van der Waals surface area contributed by atoms with Gasteiger partial charge in [0, 0.05) is 25.4 Å². The van der Waals surface area contributed by atoms with Gasteiger partial charge in [-0.25, -0.2) is 9.97 Å². The van der Waals surface area contributed by atoms with Crippen molar-refractivity contribution in [2.24, 2.45) is 11.8 Å². The zero-order valence-electron chi connectivity index (χ0n) is 35.0. The molecular formula is C49H50N8O6. The Morgan fingerprint density at radius 1 is 0.698 bits per heavy atom. The lowest BCUT2D eigenvalue weighted by Gasteiger charge is -2.29. The predicted molar refractivity (Wildman–Crippen MR) is 230 cm³/mol. The first-order valence-corrected chi connectivity index (χ1v) is 22.0. The van der Waals surface area contributed by atoms with Gasteiger partial charge in [0.2, 0.25) is 23.6 Å². The van der Waals surface area contributed by atoms with Crippen LogP contribution in [0.1, 0.15) is 122 Å². The van der Waals surface area contributed by atoms with Crippen LogP contribution in [0.3, 0.4) is 0 Å². The van der Waals surface area contributed by atoms with E-state index in [0.717, 1.165) is 68.2 Å². The summed E-state index contributed by atoms with van der Waals surface area (Å²) in [5.74, 6) is 18.4. The first kappa shape index (κ1) is 41.7. The second-order valence-corrected chi connectivity index (χ2v) is 16.9. The molecule has 4 aromatic rings. The number of amides is 4. The average molecular weight is 847 g/mol. The van der Waals surface area contributed by atoms with Crippen LogP contribution in [0.5, 0.6) is 0 Å². The Labute approximate surface area is 366 Å². The van der Waals surface area contributed by atoms with E-state index >= 15 is 0 Å². The second kappa shape index (κ2) is 19.2. The summed E-state index contributed by atoms with van der Waals surface area (Å²) in [6.45, 7) is 1.65. The number of rotatable bonds is 12. The fraction of sp³-hybridized carbons (Fsp3) is 0.429. The first-order valence-electron chi connectivity index (χ1n) is 22.0. The minimum absolute atomic E-state index is 0.0135. The highest BCUT2D eigenvalue weighted by Gasteiger charge is 2.40. The molecule has 14 heteroatoms. The number of benzene rings is 2. The van der Waals surface area contributed by atoms with Crippen molar-refractivity contribution in [3.05, 3.63) is 107 Å². The normalized spacial score (nSPS) is 22.6. The molecule has 2 aromatic heterocycles. The van der Waals surface area contributed by atoms with Crippen LogP contribution in [0.4, 0.5) is 0 Å². The van der Waals surface area contributed by atoms with Gasteiger partial charge in [-0.3, -0.25) is 19.2 Å². The van der Waals surface area contributed by atoms with E-state index in [1.54, 1.807) is 12.4 Å². The van der Waals surface area contributed by atoms with Crippen LogP contribution in [0, 0.1) is 47.4 Å². The fourth-order valence-electron chi connectivity index (χ4n) is 8.54. The van der Waals surface area contributed by atoms with E-state index in [0.29, 0.717) is 42.8 Å². The Kier molecular flexibility index (Phi) is 12.7. The number of aromatic nitrogens is 4. The third kappa shape index (κ3) is 10.2. The third-order valence-corrected chi connectivity index (χ3v) is 12.2. The predicted octanol–water partition coefficient (Wildman–Crippen LogP) is 4.90. The summed E-state index contributed by atoms with van der Waals surface area (Å²) in [7, 11) is 0. The molecule has 14 nitrogen and oxygen atoms in total. The first-order chi connectivity index (χ1) is 30.9. The van der Waals surface area contributed by atoms with Gasteiger partial charge < -0.3 is 39.9 Å². The number of aromatic amines is 2. The van der Waals surface area contributed by atoms with Crippen molar-refractivity contribution in [2.75, 3.05) is 26.3 Å². The molecule has 4 amide bonds. The van der Waals surface area contributed by atoms with Gasteiger partial charge >= 0.3 is 0 Å². The number of imidazole rings is 2. The number of likely N-dealkylation sites (tertiary alicyclic amines) is 2. The van der Waals surface area contributed by atoms with Gasteiger partial charge in [-0.2, -0.15) is 0 Å². The van der Waals surface area contributed by atoms with E-state index in [-0.39, 0.29) is 60.9 Å². The van der Waals surface area contributed by atoms with Gasteiger partial charge in [0.25, 0.3) is 0 Å². The number of carbonyl (C=O) groups is 4. The molecular weight excluding hydrogens is 797 g/mol. The lowest BCUT2D eigenvalue weighted by atomic mass is 10.0. The number of nitrogens with one attached hydrogen (secondary N) is 4. The number of hydrogen-bond acceptors (Lipinski definition) is 8. The Morgan fingerprint density at radius 3 is 1.94 bits per heavy atom. The minimum Gasteiger partial charge on any atom is -0.366 e. The fourth-order valence-corrected chi connectivity index (χ4v) is 8.54. The number of nitrogens with zero attached hydrogens (tertiary/aromatic N) is 4. The summed E-state index contributed by atoms with van der Waals surface area (Å²) in [5.41, 5.74) is 2.85. The molecule has 322 valence electrons. The summed E-state index contributed by atoms with van der Waals surface area (Å²) in [6, 6.07) is 16.8. The molecule has 63 heavy (non-hydrogen) atoms. The van der Waals surface area contributed by atoms with Crippen molar-refractivity contribution in [1.29, 1.82) is 0 Å². The number of H-pyrrole nitrogens is 2. The maximum Gasteiger partial charge on any atom is 0.250 e. The average Bonchev–Trinajstić information content (AvgIpc) is 4.02. The van der Waals surface area contributed by atoms with Crippen LogP contribution in [-0.2, 0) is 28.7 Å². The van der Waals surface area contributed by atoms with E-state index in [1.807, 2.05) is 70.5 Å². The van der Waals surface area contributed by atoms with Crippen molar-refractivity contribution in [1.82, 2.24) is 40.4 Å². The molecule has 2 unspecified atom stereocenters. The molecule has 0 bridgehead atoms. The Hall–Kier alpha value is -6.66. The molecule has 5 aliphatic rings. The van der Waals surface area contributed by atoms with Crippen molar-refractivity contribution >= 4 is 23.6 Å². The Bertz CT molecular complexity index is 2490. The van der Waals surface area contributed by atoms with E-state index in [1.165, 1.54) is 0 Å². The van der Waals surface area contributed by atoms with E-state index < -0.39 is 18.2 Å². The molecule has 0 radical (unpaired) electrons. The number of ether oxygens (including phenoxy) is 2. The molecule has 4 N–H and O–H groups in total. The molecule has 9 rings (SSSR count). The van der Waals surface area contributed by atoms with E-state index in [9.17, 15) is 19.2 Å². The van der Waals surface area contributed by atoms with Crippen LogP contribution >= 0.6 is 0 Å². The summed E-state index contributed by atoms with van der Waals surface area (Å²) < 4.78 is 12.1. The van der Waals surface area contributed by atoms with E-state index in [4.69, 9.17) is 9.47 Å². The molecule has 2 saturated carbocycles. The summed E-state index contributed by atoms with van der Waals surface area (Å²) >= 11 is 0. The largest absolute Gasteiger partial charge is 0.366 e. The van der Waals surface area contributed by atoms with Gasteiger partial charge in [-0.05, 0) is 98.0 Å². The quantitative estimate of drug-likeness (QED) is 0.146. The maximum absolute atomic E-state index is 14.0. The maximum atomic E-state index is 14.0. The van der Waals surface area contributed by atoms with Crippen LogP contribution in [0.15, 0.2) is 73.1 Å². The highest BCUT2D eigenvalue weighted by atomic mass is 16.6. The Balaban J connectivity index is 0.764. The molecule has 6 atom stereocenters. The standard InChI is InChI=1S/C49H50N8O6/c58-42(27-32-21-22-32)54-43(33-13-5-3-6-14-33)48(60)56-25-11-19-39(56)45-50-28-36(52-45)17-9-1-2-10-18-37-30-63-41(31-62-37)38-29-51-46(53-38)40-20-12-26-57(40)49(61)44(34-15-7-4-8-16-34)55-47(59)35-23-24-35/h3-8,13-16,28-29,32,35,37,39-41,43-44H,11-12,19-27,30-31H2,(H,50,52)(H,51,53)(H,54,58)(H,55,59)/t37?,39-,40-,41?,43+,44+/m0/s1. The highest BCUT2D eigenvalue weighted by Crippen LogP contribution is 2.37. The monoisotopic (exact) mass is 846 g/mol. The lowest BCUT2D eigenvalue weighted by molar-refractivity contribution is -0.138. The van der Waals surface area contributed by atoms with Crippen molar-refractivity contribution in [3.8, 4) is 35.5 Å². The summed E-state index contributed by atoms with van der Waals surface area (Å²) in [5, 5.41) is 6.03. The van der Waals surface area contributed by atoms with Crippen molar-refractivity contribution in [2.45, 2.75) is 94.2 Å². The number of hydrogen-bond donors (Lipinski definition) is 4. The molecule has 3 saturated heterocycles. The summed E-state index contributed by atoms with van der Waals surface area (Å²) in [6.07, 6.45) is 9.96. The SMILES string of the molecule is O=C(CC1CC1)N[C@@H](C(=O)N1CCC[C@H]1c1ncc(C#CC#CC#CC2COC(c3cnc([C@@H]4CCCN4C(=O)[C@H](NC(=O)C4CC4)c4ccccc4)[nH]3)CO2)[nH]1)c1ccccc1. The van der Waals surface area contributed by atoms with Crippen molar-refractivity contribution < 1.29 is 28.7 Å². The van der Waals surface area contributed by atoms with Gasteiger partial charge in [0.1, 0.15) is 41.6 Å². The zero-order valence-corrected chi connectivity index (χ0v) is 35.0. The topological polar surface area (TPSA) is 175 Å². The summed E-state index contributed by atoms with van der Waals surface area (Å²) in [4.78, 5) is 73.1. The highest BCUT2D eigenvalue weighted by molar-refractivity contribution is 5.91. The Morgan fingerprint density at radius 2 is 1.32 bits per heavy atom. The van der Waals surface area contributed by atoms with Crippen LogP contribution in [-0.4, -0.2) is 85.8 Å². The van der Waals surface area contributed by atoms with E-state index in [2.05, 4.69) is 66.1 Å². The molecule has 5 heterocycles. The van der Waals surface area contributed by atoms with Crippen LogP contribution in [0.2, 0.25) is 0 Å². The van der Waals surface area contributed by atoms with Gasteiger partial charge in [0.15, 0.2) is 0 Å². The molecule has 0 spiro atoms. The molecule has 2 aromatic carbocycles. The van der Waals surface area contributed by atoms with Gasteiger partial charge in [-0.1, -0.05) is 66.6 Å².